The number of hydrazine groups is 1. The van der Waals surface area contributed by atoms with E-state index in [1.54, 1.807) is 31.4 Å². The van der Waals surface area contributed by atoms with Crippen LogP contribution in [-0.4, -0.2) is 50.0 Å². The maximum Gasteiger partial charge on any atom is 0.338 e. The van der Waals surface area contributed by atoms with Gasteiger partial charge >= 0.3 is 6.03 Å². The number of anilines is 3. The van der Waals surface area contributed by atoms with E-state index in [0.717, 1.165) is 49.4 Å². The number of hydrogen-bond donors (Lipinski definition) is 3. The number of rotatable bonds is 5. The van der Waals surface area contributed by atoms with Crippen molar-refractivity contribution in [2.24, 2.45) is 10.2 Å². The van der Waals surface area contributed by atoms with Crippen LogP contribution < -0.4 is 26.0 Å². The monoisotopic (exact) mass is 508 g/mol. The van der Waals surface area contributed by atoms with Crippen molar-refractivity contribution in [3.8, 4) is 0 Å². The second kappa shape index (κ2) is 10.1. The number of Topliss-reactive ketones (excluding diaryl/α,β-unsaturated/α-hetero) is 1. The Kier molecular flexibility index (Phi) is 6.30. The molecule has 192 valence electrons. The van der Waals surface area contributed by atoms with Crippen LogP contribution in [0.4, 0.5) is 22.0 Å². The number of ketones is 1. The Bertz CT molecular complexity index is 1430. The van der Waals surface area contributed by atoms with E-state index in [1.165, 1.54) is 5.01 Å². The van der Waals surface area contributed by atoms with E-state index in [4.69, 9.17) is 0 Å². The van der Waals surface area contributed by atoms with Crippen molar-refractivity contribution < 1.29 is 9.59 Å². The first-order valence-electron chi connectivity index (χ1n) is 12.7. The van der Waals surface area contributed by atoms with Crippen LogP contribution in [0.5, 0.6) is 0 Å². The van der Waals surface area contributed by atoms with Crippen LogP contribution in [-0.2, 0) is 0 Å². The molecule has 1 saturated heterocycles. The normalized spacial score (nSPS) is 18.2. The Morgan fingerprint density at radius 2 is 1.92 bits per heavy atom. The largest absolute Gasteiger partial charge is 0.370 e. The lowest BCUT2D eigenvalue weighted by Gasteiger charge is -2.22. The number of aromatic nitrogens is 1. The highest BCUT2D eigenvalue weighted by molar-refractivity contribution is 6.22. The number of carbonyl (C=O) groups is 2. The summed E-state index contributed by atoms with van der Waals surface area (Å²) in [5.41, 5.74) is 7.49. The molecule has 1 fully saturated rings. The third-order valence-electron chi connectivity index (χ3n) is 7.02. The number of urea groups is 1. The zero-order valence-corrected chi connectivity index (χ0v) is 21.0. The van der Waals surface area contributed by atoms with Crippen molar-refractivity contribution in [3.63, 3.8) is 0 Å². The fraction of sp³-hybridized carbons (Fsp3) is 0.250. The van der Waals surface area contributed by atoms with Crippen LogP contribution in [0.2, 0.25) is 0 Å². The quantitative estimate of drug-likeness (QED) is 0.446. The number of carbonyl (C=O) groups excluding carboxylic acids is 2. The van der Waals surface area contributed by atoms with E-state index in [2.05, 4.69) is 48.3 Å². The molecule has 38 heavy (non-hydrogen) atoms. The molecule has 2 amide bonds. The van der Waals surface area contributed by atoms with Gasteiger partial charge in [-0.3, -0.25) is 9.80 Å². The minimum Gasteiger partial charge on any atom is -0.370 e. The molecule has 10 heteroatoms. The molecule has 10 nitrogen and oxygen atoms in total. The number of fused-ring (bicyclic) bond motifs is 3. The highest BCUT2D eigenvalue weighted by Gasteiger charge is 2.42. The summed E-state index contributed by atoms with van der Waals surface area (Å²) in [5, 5.41) is 16.6. The summed E-state index contributed by atoms with van der Waals surface area (Å²) in [6.07, 6.45) is 2.75. The van der Waals surface area contributed by atoms with Gasteiger partial charge in [-0.2, -0.15) is 10.2 Å². The molecule has 1 atom stereocenters. The molecular weight excluding hydrogens is 480 g/mol. The van der Waals surface area contributed by atoms with Crippen LogP contribution in [0.25, 0.3) is 5.70 Å². The van der Waals surface area contributed by atoms with Crippen molar-refractivity contribution in [2.45, 2.75) is 12.5 Å². The van der Waals surface area contributed by atoms with Gasteiger partial charge in [-0.1, -0.05) is 30.3 Å². The maximum absolute atomic E-state index is 13.7. The molecule has 2 aromatic carbocycles. The van der Waals surface area contributed by atoms with Gasteiger partial charge in [-0.25, -0.2) is 15.2 Å². The van der Waals surface area contributed by atoms with Gasteiger partial charge < -0.3 is 15.5 Å². The molecule has 1 aromatic heterocycles. The minimum absolute atomic E-state index is 0.165. The first kappa shape index (κ1) is 23.8. The predicted octanol–water partition coefficient (Wildman–Crippen LogP) is 4.17. The average molecular weight is 509 g/mol. The summed E-state index contributed by atoms with van der Waals surface area (Å²) >= 11 is 0. The molecule has 0 spiro atoms. The molecular formula is C28H28N8O2. The molecule has 3 N–H and O–H groups in total. The topological polar surface area (TPSA) is 114 Å². The van der Waals surface area contributed by atoms with Gasteiger partial charge in [-0.05, 0) is 48.9 Å². The molecule has 3 heterocycles. The Labute approximate surface area is 220 Å². The third kappa shape index (κ3) is 4.39. The number of amides is 2. The highest BCUT2D eigenvalue weighted by atomic mass is 16.2. The van der Waals surface area contributed by atoms with Crippen molar-refractivity contribution >= 4 is 34.7 Å². The van der Waals surface area contributed by atoms with Crippen LogP contribution in [0.3, 0.4) is 0 Å². The number of hydrogen-bond acceptors (Lipinski definition) is 8. The average Bonchev–Trinajstić information content (AvgIpc) is 3.37. The van der Waals surface area contributed by atoms with E-state index in [-0.39, 0.29) is 5.78 Å². The molecule has 3 aromatic rings. The first-order chi connectivity index (χ1) is 18.6. The van der Waals surface area contributed by atoms with Crippen LogP contribution in [0, 0.1) is 0 Å². The van der Waals surface area contributed by atoms with Gasteiger partial charge in [0, 0.05) is 44.1 Å². The highest BCUT2D eigenvalue weighted by Crippen LogP contribution is 2.49. The molecule has 0 radical (unpaired) electrons. The van der Waals surface area contributed by atoms with Gasteiger partial charge in [-0.15, -0.1) is 0 Å². The lowest BCUT2D eigenvalue weighted by atomic mass is 10.0. The fourth-order valence-electron chi connectivity index (χ4n) is 5.16. The maximum atomic E-state index is 13.7. The molecule has 2 aliphatic heterocycles. The summed E-state index contributed by atoms with van der Waals surface area (Å²) in [6.45, 7) is 3.98. The third-order valence-corrected chi connectivity index (χ3v) is 7.02. The van der Waals surface area contributed by atoms with Crippen molar-refractivity contribution in [3.05, 3.63) is 89.1 Å². The van der Waals surface area contributed by atoms with E-state index in [0.29, 0.717) is 28.3 Å². The van der Waals surface area contributed by atoms with Crippen molar-refractivity contribution in [1.29, 1.82) is 0 Å². The molecule has 6 rings (SSSR count). The van der Waals surface area contributed by atoms with E-state index in [9.17, 15) is 9.59 Å². The summed E-state index contributed by atoms with van der Waals surface area (Å²) in [6, 6.07) is 18.0. The van der Waals surface area contributed by atoms with E-state index >= 15 is 0 Å². The summed E-state index contributed by atoms with van der Waals surface area (Å²) < 4.78 is 0. The minimum atomic E-state index is -0.480. The van der Waals surface area contributed by atoms with Crippen LogP contribution >= 0.6 is 0 Å². The van der Waals surface area contributed by atoms with Gasteiger partial charge in [0.05, 0.1) is 16.8 Å². The molecule has 3 aliphatic rings. The Hall–Kier alpha value is -4.57. The number of nitrogens with one attached hydrogen (secondary N) is 3. The van der Waals surface area contributed by atoms with Crippen LogP contribution in [0.15, 0.2) is 82.7 Å². The molecule has 0 saturated carbocycles. The van der Waals surface area contributed by atoms with Crippen LogP contribution in [0.1, 0.15) is 33.9 Å². The number of benzene rings is 2. The molecule has 1 aliphatic carbocycles. The van der Waals surface area contributed by atoms with Gasteiger partial charge in [0.25, 0.3) is 0 Å². The lowest BCUT2D eigenvalue weighted by Crippen LogP contribution is -2.42. The summed E-state index contributed by atoms with van der Waals surface area (Å²) in [5.74, 6) is 0.418. The summed E-state index contributed by atoms with van der Waals surface area (Å²) in [7, 11) is 1.69. The SMILES string of the molecule is CN(NC(=O)Nc1cccc2c1C(=O)C1=C(c3ccc(N4CCCNCC4)cc3)N=NC12)c1ccccn1. The zero-order chi connectivity index (χ0) is 26.1. The Balaban J connectivity index is 1.23. The number of azo groups is 1. The first-order valence-corrected chi connectivity index (χ1v) is 12.7. The van der Waals surface area contributed by atoms with E-state index in [1.807, 2.05) is 30.3 Å². The van der Waals surface area contributed by atoms with Crippen molar-refractivity contribution in [1.82, 2.24) is 15.7 Å². The second-order valence-corrected chi connectivity index (χ2v) is 9.43. The molecule has 1 unspecified atom stereocenters. The number of pyridine rings is 1. The van der Waals surface area contributed by atoms with Gasteiger partial charge in [0.1, 0.15) is 17.6 Å². The summed E-state index contributed by atoms with van der Waals surface area (Å²) in [4.78, 5) is 33.0. The standard InChI is InChI=1S/C28H28N8O2/c1-35(22-8-2-3-14-30-22)34-28(38)31-21-7-4-6-20-23(21)27(37)24-25(32-33-26(20)24)18-9-11-19(12-10-18)36-16-5-13-29-15-17-36/h2-4,6-12,14,26,29H,5,13,15-17H2,1H3,(H2,31,34,38). The smallest absolute Gasteiger partial charge is 0.338 e. The van der Waals surface area contributed by atoms with Crippen molar-refractivity contribution in [2.75, 3.05) is 48.5 Å². The van der Waals surface area contributed by atoms with Gasteiger partial charge in [0.15, 0.2) is 5.78 Å². The van der Waals surface area contributed by atoms with Gasteiger partial charge in [0.2, 0.25) is 0 Å². The fourth-order valence-corrected chi connectivity index (χ4v) is 5.16. The molecule has 0 bridgehead atoms. The van der Waals surface area contributed by atoms with E-state index < -0.39 is 12.1 Å². The second-order valence-electron chi connectivity index (χ2n) is 9.43. The Morgan fingerprint density at radius 3 is 2.74 bits per heavy atom. The predicted molar refractivity (Wildman–Crippen MR) is 146 cm³/mol. The lowest BCUT2D eigenvalue weighted by molar-refractivity contribution is 0.103. The zero-order valence-electron chi connectivity index (χ0n) is 21.0. The number of nitrogens with zero attached hydrogens (tertiary/aromatic N) is 5. The Morgan fingerprint density at radius 1 is 1.05 bits per heavy atom.